The van der Waals surface area contributed by atoms with Gasteiger partial charge in [0.2, 0.25) is 0 Å². The van der Waals surface area contributed by atoms with Crippen molar-refractivity contribution in [2.45, 2.75) is 70.1 Å². The van der Waals surface area contributed by atoms with Crippen molar-refractivity contribution in [2.75, 3.05) is 26.4 Å². The normalized spacial score (nSPS) is 14.1. The number of hydrogen-bond donors (Lipinski definition) is 2. The molecule has 0 aromatic heterocycles. The van der Waals surface area contributed by atoms with Gasteiger partial charge in [0.15, 0.2) is 0 Å². The maximum Gasteiger partial charge on any atom is 0.416 e. The Morgan fingerprint density at radius 2 is 1.42 bits per heavy atom. The molecule has 0 aliphatic carbocycles. The minimum atomic E-state index is -4.37. The molecule has 0 fully saturated rings. The summed E-state index contributed by atoms with van der Waals surface area (Å²) in [7, 11) is -1.49. The van der Waals surface area contributed by atoms with Gasteiger partial charge < -0.3 is 19.7 Å². The average Bonchev–Trinajstić information content (AvgIpc) is 2.74. The summed E-state index contributed by atoms with van der Waals surface area (Å²) in [6.07, 6.45) is -5.24. The second-order valence-corrected chi connectivity index (χ2v) is 12.6. The summed E-state index contributed by atoms with van der Waals surface area (Å²) < 4.78 is 48.4. The Balaban J connectivity index is 2.19. The van der Waals surface area contributed by atoms with Crippen LogP contribution in [0.15, 0.2) is 24.3 Å². The number of halogens is 3. The molecule has 0 heterocycles. The Kier molecular flexibility index (Phi) is 12.4. The molecule has 0 amide bonds. The lowest BCUT2D eigenvalue weighted by Crippen LogP contribution is -2.29. The fourth-order valence-electron chi connectivity index (χ4n) is 3.15. The molecule has 0 radical (unpaired) electrons. The summed E-state index contributed by atoms with van der Waals surface area (Å²) in [4.78, 5) is 0. The van der Waals surface area contributed by atoms with E-state index in [1.807, 2.05) is 0 Å². The lowest BCUT2D eigenvalue weighted by molar-refractivity contribution is -0.137. The molecule has 0 aliphatic rings. The fraction of sp³-hybridized carbons (Fsp3) is 0.652. The van der Waals surface area contributed by atoms with Gasteiger partial charge >= 0.3 is 6.18 Å². The number of hydrogen-bond acceptors (Lipinski definition) is 4. The molecule has 0 spiro atoms. The molecule has 1 aromatic rings. The van der Waals surface area contributed by atoms with E-state index in [1.165, 1.54) is 12.1 Å². The van der Waals surface area contributed by atoms with Crippen molar-refractivity contribution in [2.24, 2.45) is 0 Å². The lowest BCUT2D eigenvalue weighted by atomic mass is 10.1. The van der Waals surface area contributed by atoms with Gasteiger partial charge in [-0.1, -0.05) is 32.9 Å². The topological polar surface area (TPSA) is 58.9 Å². The molecule has 1 aromatic carbocycles. The zero-order valence-corrected chi connectivity index (χ0v) is 19.7. The van der Waals surface area contributed by atoms with Crippen LogP contribution in [0.4, 0.5) is 13.2 Å². The van der Waals surface area contributed by atoms with Crippen molar-refractivity contribution in [1.29, 1.82) is 0 Å². The molecule has 176 valence electrons. The second kappa shape index (κ2) is 13.9. The fourth-order valence-corrected chi connectivity index (χ4v) is 5.66. The van der Waals surface area contributed by atoms with Gasteiger partial charge in [0.1, 0.15) is 8.07 Å². The van der Waals surface area contributed by atoms with E-state index in [9.17, 15) is 23.4 Å². The Labute approximate surface area is 184 Å². The Morgan fingerprint density at radius 3 is 1.90 bits per heavy atom. The van der Waals surface area contributed by atoms with Crippen LogP contribution in [0.5, 0.6) is 0 Å². The average molecular weight is 461 g/mol. The van der Waals surface area contributed by atoms with Gasteiger partial charge in [0.05, 0.1) is 44.2 Å². The Morgan fingerprint density at radius 1 is 0.903 bits per heavy atom. The molecule has 0 bridgehead atoms. The minimum absolute atomic E-state index is 0.0518. The zero-order chi connectivity index (χ0) is 23.3. The molecule has 0 aliphatic heterocycles. The van der Waals surface area contributed by atoms with Crippen LogP contribution >= 0.6 is 0 Å². The number of rotatable bonds is 13. The van der Waals surface area contributed by atoms with E-state index in [4.69, 9.17) is 9.47 Å². The van der Waals surface area contributed by atoms with Crippen LogP contribution in [0.3, 0.4) is 0 Å². The number of benzene rings is 1. The smallest absolute Gasteiger partial charge is 0.390 e. The highest BCUT2D eigenvalue weighted by atomic mass is 28.3. The van der Waals surface area contributed by atoms with Crippen LogP contribution < -0.4 is 0 Å². The van der Waals surface area contributed by atoms with Crippen LogP contribution in [0.2, 0.25) is 18.1 Å². The zero-order valence-electron chi connectivity index (χ0n) is 18.7. The van der Waals surface area contributed by atoms with E-state index in [1.54, 1.807) is 0 Å². The molecule has 31 heavy (non-hydrogen) atoms. The summed E-state index contributed by atoms with van der Waals surface area (Å²) in [6.45, 7) is 7.31. The van der Waals surface area contributed by atoms with Crippen molar-refractivity contribution in [3.63, 3.8) is 0 Å². The number of aliphatic hydroxyl groups is 2. The molecule has 2 N–H and O–H groups in total. The second-order valence-electron chi connectivity index (χ2n) is 7.70. The molecular weight excluding hydrogens is 425 g/mol. The van der Waals surface area contributed by atoms with Crippen LogP contribution in [0, 0.1) is 11.5 Å². The molecule has 0 saturated heterocycles. The van der Waals surface area contributed by atoms with Crippen molar-refractivity contribution in [3.8, 4) is 11.5 Å². The van der Waals surface area contributed by atoms with E-state index >= 15 is 0 Å². The van der Waals surface area contributed by atoms with E-state index in [0.29, 0.717) is 12.0 Å². The van der Waals surface area contributed by atoms with Gasteiger partial charge in [0, 0.05) is 12.8 Å². The third-order valence-corrected chi connectivity index (χ3v) is 10.2. The van der Waals surface area contributed by atoms with E-state index in [-0.39, 0.29) is 32.8 Å². The van der Waals surface area contributed by atoms with Crippen LogP contribution in [0.1, 0.15) is 38.3 Å². The first-order chi connectivity index (χ1) is 14.7. The van der Waals surface area contributed by atoms with Crippen LogP contribution in [0.25, 0.3) is 0 Å². The molecular formula is C23H35F3O4Si. The molecule has 2 unspecified atom stereocenters. The Hall–Kier alpha value is -1.37. The highest BCUT2D eigenvalue weighted by Crippen LogP contribution is 2.29. The SMILES string of the molecule is CC[Si](C#CCC(O)COCCOCC(O)Cc1ccc(C(F)(F)F)cc1)(CC)CC. The largest absolute Gasteiger partial charge is 0.416 e. The molecule has 1 rings (SSSR count). The quantitative estimate of drug-likeness (QED) is 0.260. The van der Waals surface area contributed by atoms with Crippen molar-refractivity contribution < 1.29 is 32.9 Å². The number of alkyl halides is 3. The number of ether oxygens (including phenoxy) is 2. The molecule has 2 atom stereocenters. The standard InChI is InChI=1S/C23H35F3O4Si/c1-4-31(5-2,6-3)15-7-8-21(27)17-29-13-14-30-18-22(28)16-19-9-11-20(12-10-19)23(24,25)26/h9-12,21-22,27-28H,4-6,8,13-14,16-18H2,1-3H3. The highest BCUT2D eigenvalue weighted by molar-refractivity contribution is 6.87. The van der Waals surface area contributed by atoms with Gasteiger partial charge in [-0.3, -0.25) is 0 Å². The highest BCUT2D eigenvalue weighted by Gasteiger charge is 2.30. The predicted molar refractivity (Wildman–Crippen MR) is 118 cm³/mol. The van der Waals surface area contributed by atoms with Crippen molar-refractivity contribution in [1.82, 2.24) is 0 Å². The monoisotopic (exact) mass is 460 g/mol. The molecule has 8 heteroatoms. The molecule has 0 saturated carbocycles. The summed E-state index contributed by atoms with van der Waals surface area (Å²) in [5, 5.41) is 19.9. The lowest BCUT2D eigenvalue weighted by Gasteiger charge is -2.20. The van der Waals surface area contributed by atoms with Crippen LogP contribution in [-0.2, 0) is 22.1 Å². The minimum Gasteiger partial charge on any atom is -0.390 e. The first kappa shape index (κ1) is 27.7. The summed E-state index contributed by atoms with van der Waals surface area (Å²) in [5.41, 5.74) is 3.32. The van der Waals surface area contributed by atoms with E-state index in [2.05, 4.69) is 32.2 Å². The first-order valence-electron chi connectivity index (χ1n) is 10.8. The van der Waals surface area contributed by atoms with Crippen LogP contribution in [-0.4, -0.2) is 56.9 Å². The van der Waals surface area contributed by atoms with E-state index in [0.717, 1.165) is 30.3 Å². The third-order valence-electron chi connectivity index (χ3n) is 5.47. The predicted octanol–water partition coefficient (Wildman–Crippen LogP) is 4.44. The van der Waals surface area contributed by atoms with Gasteiger partial charge in [0.25, 0.3) is 0 Å². The maximum absolute atomic E-state index is 12.6. The Bertz CT molecular complexity index is 671. The summed E-state index contributed by atoms with van der Waals surface area (Å²) >= 11 is 0. The summed E-state index contributed by atoms with van der Waals surface area (Å²) in [5.74, 6) is 3.14. The first-order valence-corrected chi connectivity index (χ1v) is 13.5. The maximum atomic E-state index is 12.6. The van der Waals surface area contributed by atoms with Crippen molar-refractivity contribution >= 4 is 8.07 Å². The van der Waals surface area contributed by atoms with Gasteiger partial charge in [-0.25, -0.2) is 0 Å². The molecule has 4 nitrogen and oxygen atoms in total. The van der Waals surface area contributed by atoms with Gasteiger partial charge in [-0.15, -0.1) is 11.5 Å². The van der Waals surface area contributed by atoms with E-state index < -0.39 is 32.0 Å². The van der Waals surface area contributed by atoms with Crippen molar-refractivity contribution in [3.05, 3.63) is 35.4 Å². The number of aliphatic hydroxyl groups excluding tert-OH is 2. The van der Waals surface area contributed by atoms with Gasteiger partial charge in [-0.2, -0.15) is 13.2 Å². The third kappa shape index (κ3) is 10.7. The summed E-state index contributed by atoms with van der Waals surface area (Å²) in [6, 6.07) is 8.09. The van der Waals surface area contributed by atoms with Gasteiger partial charge in [-0.05, 0) is 35.8 Å².